The van der Waals surface area contributed by atoms with Crippen molar-refractivity contribution >= 4 is 11.6 Å². The van der Waals surface area contributed by atoms with Crippen LogP contribution >= 0.6 is 0 Å². The Kier molecular flexibility index (Phi) is 19.2. The van der Waals surface area contributed by atoms with Crippen LogP contribution in [-0.2, 0) is 4.79 Å². The molecule has 2 atom stereocenters. The van der Waals surface area contributed by atoms with E-state index in [1.165, 1.54) is 32.9 Å². The minimum atomic E-state index is -1.64. The third kappa shape index (κ3) is 15.1. The summed E-state index contributed by atoms with van der Waals surface area (Å²) in [5.74, 6) is -0.339. The first-order valence-corrected chi connectivity index (χ1v) is 13.1. The number of nitrogens with one attached hydrogen (secondary N) is 3. The predicted molar refractivity (Wildman–Crippen MR) is 162 cm³/mol. The molecule has 0 aliphatic rings. The van der Waals surface area contributed by atoms with Gasteiger partial charge in [0.15, 0.2) is 0 Å². The van der Waals surface area contributed by atoms with E-state index in [-0.39, 0.29) is 17.3 Å². The summed E-state index contributed by atoms with van der Waals surface area (Å²) in [6.07, 6.45) is 6.76. The van der Waals surface area contributed by atoms with Crippen LogP contribution in [0.2, 0.25) is 0 Å². The summed E-state index contributed by atoms with van der Waals surface area (Å²) in [7, 11) is 3.63. The minimum Gasteiger partial charge on any atom is -0.392 e. The van der Waals surface area contributed by atoms with E-state index < -0.39 is 11.8 Å². The average Bonchev–Trinajstić information content (AvgIpc) is 2.87. The summed E-state index contributed by atoms with van der Waals surface area (Å²) < 4.78 is 26.7. The number of hydrazine groups is 1. The number of aliphatic hydroxyl groups is 1. The fraction of sp³-hybridized carbons (Fsp3) is 0.452. The molecule has 0 aliphatic carbocycles. The summed E-state index contributed by atoms with van der Waals surface area (Å²) in [5, 5.41) is 17.6. The number of allylic oxidation sites excluding steroid dienone is 6. The van der Waals surface area contributed by atoms with Crippen molar-refractivity contribution in [3.8, 4) is 0 Å². The van der Waals surface area contributed by atoms with Crippen molar-refractivity contribution in [2.45, 2.75) is 80.5 Å². The van der Waals surface area contributed by atoms with Crippen LogP contribution in [0.1, 0.15) is 68.7 Å². The van der Waals surface area contributed by atoms with Gasteiger partial charge in [-0.15, -0.1) is 0 Å². The Labute approximate surface area is 235 Å². The number of anilines is 1. The molecule has 8 heteroatoms. The van der Waals surface area contributed by atoms with Crippen molar-refractivity contribution in [1.82, 2.24) is 16.1 Å². The molecule has 0 saturated heterocycles. The van der Waals surface area contributed by atoms with Crippen molar-refractivity contribution in [1.29, 1.82) is 0 Å². The van der Waals surface area contributed by atoms with Crippen LogP contribution in [-0.4, -0.2) is 36.9 Å². The van der Waals surface area contributed by atoms with Gasteiger partial charge in [0, 0.05) is 32.4 Å². The Morgan fingerprint density at radius 1 is 1.05 bits per heavy atom. The summed E-state index contributed by atoms with van der Waals surface area (Å²) in [6.45, 7) is 19.7. The van der Waals surface area contributed by atoms with E-state index in [9.17, 15) is 18.7 Å². The second kappa shape index (κ2) is 19.8. The topological polar surface area (TPSA) is 76.6 Å². The van der Waals surface area contributed by atoms with Crippen molar-refractivity contribution in [3.05, 3.63) is 89.2 Å². The maximum atomic E-state index is 13.5. The number of carbonyl (C=O) groups excluding carboxylic acids is 1. The minimum absolute atomic E-state index is 0.0249. The molecule has 0 aromatic heterocycles. The highest BCUT2D eigenvalue weighted by Crippen LogP contribution is 2.25. The Hall–Kier alpha value is -3.23. The van der Waals surface area contributed by atoms with Crippen LogP contribution in [0.25, 0.3) is 0 Å². The number of hydrogen-bond acceptors (Lipinski definition) is 5. The zero-order chi connectivity index (χ0) is 30.8. The van der Waals surface area contributed by atoms with Crippen LogP contribution < -0.4 is 21.1 Å². The Morgan fingerprint density at radius 3 is 1.97 bits per heavy atom. The van der Waals surface area contributed by atoms with Gasteiger partial charge < -0.3 is 15.7 Å². The zero-order valence-corrected chi connectivity index (χ0v) is 25.7. The zero-order valence-electron chi connectivity index (χ0n) is 25.7. The smallest absolute Gasteiger partial charge is 0.220 e. The average molecular weight is 549 g/mol. The summed E-state index contributed by atoms with van der Waals surface area (Å²) in [5.41, 5.74) is 6.21. The first kappa shape index (κ1) is 37.9. The summed E-state index contributed by atoms with van der Waals surface area (Å²) >= 11 is 0. The first-order valence-electron chi connectivity index (χ1n) is 13.1. The van der Waals surface area contributed by atoms with E-state index in [0.29, 0.717) is 0 Å². The first-order chi connectivity index (χ1) is 18.2. The third-order valence-electron chi connectivity index (χ3n) is 5.54. The molecule has 0 radical (unpaired) electrons. The van der Waals surface area contributed by atoms with Crippen molar-refractivity contribution in [2.24, 2.45) is 0 Å². The van der Waals surface area contributed by atoms with Gasteiger partial charge in [-0.2, -0.15) is 0 Å². The van der Waals surface area contributed by atoms with Gasteiger partial charge in [0.1, 0.15) is 17.6 Å². The maximum absolute atomic E-state index is 13.5. The molecule has 1 aromatic carbocycles. The van der Waals surface area contributed by atoms with E-state index in [4.69, 9.17) is 0 Å². The number of carbonyl (C=O) groups is 1. The van der Waals surface area contributed by atoms with E-state index in [2.05, 4.69) is 28.7 Å². The van der Waals surface area contributed by atoms with Crippen LogP contribution in [0.4, 0.5) is 14.5 Å². The third-order valence-corrected chi connectivity index (χ3v) is 5.54. The lowest BCUT2D eigenvalue weighted by atomic mass is 9.92. The number of halogens is 2. The highest BCUT2D eigenvalue weighted by Gasteiger charge is 2.30. The molecule has 0 bridgehead atoms. The molecule has 0 saturated carbocycles. The normalized spacial score (nSPS) is 13.6. The SMILES string of the molecule is C=C(/C=C\C(=C(C)C)N(NC)c1ccc(F)cc1)C(C)(O)C(C)F.CC.CN/C(C)=C/C/C=C(\C)NC(C)=O. The quantitative estimate of drug-likeness (QED) is 0.180. The molecule has 220 valence electrons. The van der Waals surface area contributed by atoms with Gasteiger partial charge >= 0.3 is 0 Å². The van der Waals surface area contributed by atoms with E-state index in [0.717, 1.165) is 34.8 Å². The second-order valence-corrected chi connectivity index (χ2v) is 8.98. The number of alkyl halides is 1. The standard InChI is InChI=1S/C19H26F2N2O.C10H18N2O.C2H6/c1-13(2)18(12-7-14(3)19(5,24)15(4)20)23(22-6)17-10-8-16(21)9-11-17;1-8(11-4)6-5-7-9(2)12-10(3)13;1-2/h7-12,15,22,24H,3H2,1-2,4-6H3;6-7,11H,5H2,1-4H3,(H,12,13);1-2H3/b12-7-;8-6+,9-7+;. The van der Waals surface area contributed by atoms with Gasteiger partial charge in [-0.25, -0.2) is 14.2 Å². The number of benzene rings is 1. The summed E-state index contributed by atoms with van der Waals surface area (Å²) in [6, 6.07) is 6.05. The maximum Gasteiger partial charge on any atom is 0.220 e. The van der Waals surface area contributed by atoms with Gasteiger partial charge in [-0.05, 0) is 83.9 Å². The second-order valence-electron chi connectivity index (χ2n) is 8.98. The lowest BCUT2D eigenvalue weighted by Gasteiger charge is -2.28. The predicted octanol–water partition coefficient (Wildman–Crippen LogP) is 6.85. The monoisotopic (exact) mass is 548 g/mol. The van der Waals surface area contributed by atoms with Gasteiger partial charge in [-0.3, -0.25) is 9.80 Å². The molecular weight excluding hydrogens is 498 g/mol. The van der Waals surface area contributed by atoms with Crippen LogP contribution in [0.15, 0.2) is 83.4 Å². The van der Waals surface area contributed by atoms with E-state index in [1.807, 2.05) is 54.7 Å². The molecule has 0 heterocycles. The molecule has 1 amide bonds. The lowest BCUT2D eigenvalue weighted by Crippen LogP contribution is -2.36. The van der Waals surface area contributed by atoms with Crippen molar-refractivity contribution in [3.63, 3.8) is 0 Å². The Morgan fingerprint density at radius 2 is 1.56 bits per heavy atom. The van der Waals surface area contributed by atoms with E-state index >= 15 is 0 Å². The van der Waals surface area contributed by atoms with Crippen molar-refractivity contribution < 1.29 is 18.7 Å². The fourth-order valence-electron chi connectivity index (χ4n) is 2.89. The Balaban J connectivity index is 0. The van der Waals surface area contributed by atoms with Crippen LogP contribution in [0, 0.1) is 5.82 Å². The van der Waals surface area contributed by atoms with E-state index in [1.54, 1.807) is 36.3 Å². The van der Waals surface area contributed by atoms with Crippen molar-refractivity contribution in [2.75, 3.05) is 19.1 Å². The van der Waals surface area contributed by atoms with Crippen LogP contribution in [0.5, 0.6) is 0 Å². The molecule has 0 spiro atoms. The van der Waals surface area contributed by atoms with Gasteiger partial charge in [-0.1, -0.05) is 44.2 Å². The Bertz CT molecular complexity index is 1000. The summed E-state index contributed by atoms with van der Waals surface area (Å²) in [4.78, 5) is 10.6. The highest BCUT2D eigenvalue weighted by atomic mass is 19.1. The fourth-order valence-corrected chi connectivity index (χ4v) is 2.89. The highest BCUT2D eigenvalue weighted by molar-refractivity contribution is 5.74. The number of amides is 1. The number of nitrogens with zero attached hydrogens (tertiary/aromatic N) is 1. The van der Waals surface area contributed by atoms with Gasteiger partial charge in [0.25, 0.3) is 0 Å². The molecule has 0 aliphatic heterocycles. The van der Waals surface area contributed by atoms with Gasteiger partial charge in [0.05, 0.1) is 11.4 Å². The number of hydrogen-bond donors (Lipinski definition) is 4. The molecular formula is C31H50F2N4O2. The van der Waals surface area contributed by atoms with Crippen LogP contribution in [0.3, 0.4) is 0 Å². The molecule has 6 nitrogen and oxygen atoms in total. The molecule has 0 fully saturated rings. The molecule has 4 N–H and O–H groups in total. The molecule has 39 heavy (non-hydrogen) atoms. The molecule has 1 rings (SSSR count). The molecule has 1 aromatic rings. The largest absolute Gasteiger partial charge is 0.392 e. The lowest BCUT2D eigenvalue weighted by molar-refractivity contribution is -0.118. The number of rotatable bonds is 11. The molecule has 2 unspecified atom stereocenters. The van der Waals surface area contributed by atoms with Gasteiger partial charge in [0.2, 0.25) is 5.91 Å².